The largest absolute Gasteiger partial charge is 0.508 e. The van der Waals surface area contributed by atoms with Crippen LogP contribution in [0, 0.1) is 0 Å². The fourth-order valence-corrected chi connectivity index (χ4v) is 4.30. The molecule has 1 aliphatic rings. The third kappa shape index (κ3) is 4.11. The van der Waals surface area contributed by atoms with E-state index >= 15 is 0 Å². The predicted octanol–water partition coefficient (Wildman–Crippen LogP) is 5.36. The molecule has 2 heterocycles. The van der Waals surface area contributed by atoms with E-state index in [0.717, 1.165) is 23.0 Å². The van der Waals surface area contributed by atoms with E-state index in [1.807, 2.05) is 12.1 Å². The molecule has 0 spiro atoms. The van der Waals surface area contributed by atoms with Gasteiger partial charge in [0.15, 0.2) is 0 Å². The van der Waals surface area contributed by atoms with Crippen LogP contribution in [0.5, 0.6) is 5.75 Å². The van der Waals surface area contributed by atoms with Crippen LogP contribution in [0.4, 0.5) is 13.2 Å². The van der Waals surface area contributed by atoms with Crippen LogP contribution in [-0.2, 0) is 6.18 Å². The quantitative estimate of drug-likeness (QED) is 0.607. The second kappa shape index (κ2) is 7.90. The van der Waals surface area contributed by atoms with Gasteiger partial charge in [-0.1, -0.05) is 12.1 Å². The number of rotatable bonds is 3. The summed E-state index contributed by atoms with van der Waals surface area (Å²) in [6.45, 7) is 4.48. The maximum atomic E-state index is 13.4. The molecular formula is C23H24F3N3O2. The zero-order valence-corrected chi connectivity index (χ0v) is 17.4. The molecule has 0 aliphatic carbocycles. The summed E-state index contributed by atoms with van der Waals surface area (Å²) in [7, 11) is 0. The van der Waals surface area contributed by atoms with E-state index in [-0.39, 0.29) is 17.2 Å². The first-order valence-corrected chi connectivity index (χ1v) is 10.3. The number of benzene rings is 2. The Morgan fingerprint density at radius 2 is 1.74 bits per heavy atom. The molecule has 0 radical (unpaired) electrons. The third-order valence-corrected chi connectivity index (χ3v) is 5.85. The van der Waals surface area contributed by atoms with Crippen molar-refractivity contribution in [3.05, 3.63) is 59.4 Å². The summed E-state index contributed by atoms with van der Waals surface area (Å²) in [5, 5.41) is 9.44. The maximum Gasteiger partial charge on any atom is 0.449 e. The highest BCUT2D eigenvalue weighted by Gasteiger charge is 2.38. The normalized spacial score (nSPS) is 15.7. The summed E-state index contributed by atoms with van der Waals surface area (Å²) in [4.78, 5) is 18.5. The van der Waals surface area contributed by atoms with Crippen LogP contribution in [-0.4, -0.2) is 38.6 Å². The van der Waals surface area contributed by atoms with Gasteiger partial charge in [-0.15, -0.1) is 0 Å². The number of piperidine rings is 1. The molecule has 3 aromatic rings. The Morgan fingerprint density at radius 1 is 1.10 bits per heavy atom. The molecule has 0 bridgehead atoms. The van der Waals surface area contributed by atoms with Crippen molar-refractivity contribution in [3.8, 4) is 5.75 Å². The summed E-state index contributed by atoms with van der Waals surface area (Å²) in [6, 6.07) is 11.3. The number of aromatic nitrogens is 2. The highest BCUT2D eigenvalue weighted by atomic mass is 19.4. The van der Waals surface area contributed by atoms with Crippen LogP contribution in [0.3, 0.4) is 0 Å². The SMILES string of the molecule is CC(C)n1c(C(F)(F)F)nc2cc(C(=O)N3CCC(c4ccc(O)cc4)CC3)ccc21. The molecule has 31 heavy (non-hydrogen) atoms. The number of alkyl halides is 3. The number of carbonyl (C=O) groups excluding carboxylic acids is 1. The minimum Gasteiger partial charge on any atom is -0.508 e. The Bertz CT molecular complexity index is 1100. The molecule has 2 aromatic carbocycles. The molecule has 5 nitrogen and oxygen atoms in total. The van der Waals surface area contributed by atoms with Crippen molar-refractivity contribution in [1.82, 2.24) is 14.5 Å². The van der Waals surface area contributed by atoms with E-state index < -0.39 is 18.0 Å². The lowest BCUT2D eigenvalue weighted by molar-refractivity contribution is -0.147. The van der Waals surface area contributed by atoms with Gasteiger partial charge >= 0.3 is 6.18 Å². The van der Waals surface area contributed by atoms with Crippen molar-refractivity contribution in [2.24, 2.45) is 0 Å². The number of nitrogens with zero attached hydrogens (tertiary/aromatic N) is 3. The van der Waals surface area contributed by atoms with Crippen molar-refractivity contribution < 1.29 is 23.1 Å². The van der Waals surface area contributed by atoms with Crippen LogP contribution >= 0.6 is 0 Å². The summed E-state index contributed by atoms with van der Waals surface area (Å²) in [5.74, 6) is -0.612. The molecule has 164 valence electrons. The van der Waals surface area contributed by atoms with Gasteiger partial charge in [-0.05, 0) is 68.5 Å². The van der Waals surface area contributed by atoms with Crippen molar-refractivity contribution in [1.29, 1.82) is 0 Å². The van der Waals surface area contributed by atoms with E-state index in [1.165, 1.54) is 6.07 Å². The fourth-order valence-electron chi connectivity index (χ4n) is 4.30. The van der Waals surface area contributed by atoms with Gasteiger partial charge in [-0.25, -0.2) is 4.98 Å². The van der Waals surface area contributed by atoms with E-state index in [2.05, 4.69) is 4.98 Å². The van der Waals surface area contributed by atoms with Crippen LogP contribution in [0.1, 0.15) is 60.4 Å². The summed E-state index contributed by atoms with van der Waals surface area (Å²) in [6.07, 6.45) is -2.98. The highest BCUT2D eigenvalue weighted by Crippen LogP contribution is 2.34. The number of fused-ring (bicyclic) bond motifs is 1. The fraction of sp³-hybridized carbons (Fsp3) is 0.391. The average molecular weight is 431 g/mol. The van der Waals surface area contributed by atoms with Crippen molar-refractivity contribution in [2.45, 2.75) is 44.8 Å². The van der Waals surface area contributed by atoms with Gasteiger partial charge in [0.1, 0.15) is 5.75 Å². The number of phenols is 1. The van der Waals surface area contributed by atoms with Gasteiger partial charge < -0.3 is 14.6 Å². The second-order valence-electron chi connectivity index (χ2n) is 8.26. The number of amides is 1. The van der Waals surface area contributed by atoms with Gasteiger partial charge in [0.05, 0.1) is 11.0 Å². The van der Waals surface area contributed by atoms with Crippen LogP contribution in [0.25, 0.3) is 11.0 Å². The molecule has 4 rings (SSSR count). The standard InChI is InChI=1S/C23H24F3N3O2/c1-14(2)29-20-8-5-17(13-19(20)27-22(29)23(24,25)26)21(31)28-11-9-16(10-12-28)15-3-6-18(30)7-4-15/h3-8,13-14,16,30H,9-12H2,1-2H3. The van der Waals surface area contributed by atoms with Gasteiger partial charge in [0.2, 0.25) is 5.82 Å². The molecule has 0 saturated carbocycles. The number of carbonyl (C=O) groups is 1. The monoisotopic (exact) mass is 431 g/mol. The lowest BCUT2D eigenvalue weighted by Gasteiger charge is -2.32. The smallest absolute Gasteiger partial charge is 0.449 e. The van der Waals surface area contributed by atoms with E-state index in [0.29, 0.717) is 30.1 Å². The third-order valence-electron chi connectivity index (χ3n) is 5.85. The van der Waals surface area contributed by atoms with Crippen LogP contribution in [0.15, 0.2) is 42.5 Å². The Balaban J connectivity index is 1.54. The summed E-state index contributed by atoms with van der Waals surface area (Å²) in [5.41, 5.74) is 2.01. The number of imidazole rings is 1. The molecule has 1 amide bonds. The van der Waals surface area contributed by atoms with Crippen molar-refractivity contribution >= 4 is 16.9 Å². The second-order valence-corrected chi connectivity index (χ2v) is 8.26. The molecule has 8 heteroatoms. The molecule has 1 saturated heterocycles. The molecular weight excluding hydrogens is 407 g/mol. The van der Waals surface area contributed by atoms with Crippen molar-refractivity contribution in [3.63, 3.8) is 0 Å². The first-order valence-electron chi connectivity index (χ1n) is 10.3. The molecule has 1 aliphatic heterocycles. The number of aromatic hydroxyl groups is 1. The Hall–Kier alpha value is -3.03. The first kappa shape index (κ1) is 21.2. The van der Waals surface area contributed by atoms with Crippen LogP contribution in [0.2, 0.25) is 0 Å². The molecule has 0 unspecified atom stereocenters. The molecule has 1 fully saturated rings. The van der Waals surface area contributed by atoms with E-state index in [4.69, 9.17) is 0 Å². The Morgan fingerprint density at radius 3 is 2.32 bits per heavy atom. The van der Waals surface area contributed by atoms with E-state index in [1.54, 1.807) is 43.0 Å². The van der Waals surface area contributed by atoms with Crippen molar-refractivity contribution in [2.75, 3.05) is 13.1 Å². The minimum atomic E-state index is -4.57. The number of likely N-dealkylation sites (tertiary alicyclic amines) is 1. The van der Waals surface area contributed by atoms with Crippen LogP contribution < -0.4 is 0 Å². The number of hydrogen-bond donors (Lipinski definition) is 1. The average Bonchev–Trinajstić information content (AvgIpc) is 3.13. The van der Waals surface area contributed by atoms with E-state index in [9.17, 15) is 23.1 Å². The van der Waals surface area contributed by atoms with Gasteiger partial charge in [-0.2, -0.15) is 13.2 Å². The number of halogens is 3. The molecule has 0 atom stereocenters. The maximum absolute atomic E-state index is 13.4. The molecule has 1 N–H and O–H groups in total. The number of phenolic OH excluding ortho intramolecular Hbond substituents is 1. The lowest BCUT2D eigenvalue weighted by atomic mass is 9.89. The van der Waals surface area contributed by atoms with Gasteiger partial charge in [0, 0.05) is 24.7 Å². The van der Waals surface area contributed by atoms with Gasteiger partial charge in [-0.3, -0.25) is 4.79 Å². The highest BCUT2D eigenvalue weighted by molar-refractivity contribution is 5.97. The zero-order valence-electron chi connectivity index (χ0n) is 17.4. The minimum absolute atomic E-state index is 0.172. The lowest BCUT2D eigenvalue weighted by Crippen LogP contribution is -2.37. The topological polar surface area (TPSA) is 58.4 Å². The Kier molecular flexibility index (Phi) is 5.41. The summed E-state index contributed by atoms with van der Waals surface area (Å²) < 4.78 is 41.4. The molecule has 1 aromatic heterocycles. The number of hydrogen-bond acceptors (Lipinski definition) is 3. The first-order chi connectivity index (χ1) is 14.6. The Labute approximate surface area is 178 Å². The van der Waals surface area contributed by atoms with Gasteiger partial charge in [0.25, 0.3) is 5.91 Å². The summed E-state index contributed by atoms with van der Waals surface area (Å²) >= 11 is 0. The zero-order chi connectivity index (χ0) is 22.3. The predicted molar refractivity (Wildman–Crippen MR) is 111 cm³/mol.